The van der Waals surface area contributed by atoms with Crippen LogP contribution in [0.5, 0.6) is 0 Å². The average molecular weight is 228 g/mol. The largest absolute Gasteiger partial charge is 0.384 e. The Bertz CT molecular complexity index is 185. The molecule has 16 heavy (non-hydrogen) atoms. The molecule has 1 saturated heterocycles. The molecule has 1 N–H and O–H groups in total. The molecule has 3 heteroatoms. The maximum absolute atomic E-state index is 5.22. The zero-order valence-electron chi connectivity index (χ0n) is 11.3. The summed E-state index contributed by atoms with van der Waals surface area (Å²) >= 11 is 0. The molecule has 0 aliphatic carbocycles. The minimum atomic E-state index is 0.599. The molecule has 0 aromatic heterocycles. The maximum atomic E-state index is 5.22. The third kappa shape index (κ3) is 5.28. The lowest BCUT2D eigenvalue weighted by Gasteiger charge is -2.22. The molecular weight excluding hydrogens is 200 g/mol. The van der Waals surface area contributed by atoms with Crippen LogP contribution in [0.2, 0.25) is 0 Å². The number of likely N-dealkylation sites (tertiary alicyclic amines) is 1. The van der Waals surface area contributed by atoms with Gasteiger partial charge in [0.2, 0.25) is 0 Å². The summed E-state index contributed by atoms with van der Waals surface area (Å²) in [5, 5.41) is 3.50. The molecule has 1 aliphatic heterocycles. The number of nitrogens with zero attached hydrogens (tertiary/aromatic N) is 1. The van der Waals surface area contributed by atoms with Gasteiger partial charge in [0.05, 0.1) is 6.61 Å². The van der Waals surface area contributed by atoms with Gasteiger partial charge in [-0.05, 0) is 31.3 Å². The molecule has 1 fully saturated rings. The topological polar surface area (TPSA) is 24.5 Å². The first-order valence-corrected chi connectivity index (χ1v) is 6.56. The average Bonchev–Trinajstić information content (AvgIpc) is 2.63. The summed E-state index contributed by atoms with van der Waals surface area (Å²) in [5.41, 5.74) is 0. The molecular formula is C13H28N2O. The van der Waals surface area contributed by atoms with Crippen molar-refractivity contribution in [2.24, 2.45) is 11.8 Å². The summed E-state index contributed by atoms with van der Waals surface area (Å²) in [6.45, 7) is 12.5. The monoisotopic (exact) mass is 228 g/mol. The van der Waals surface area contributed by atoms with Crippen LogP contribution >= 0.6 is 0 Å². The number of rotatable bonds is 7. The van der Waals surface area contributed by atoms with E-state index >= 15 is 0 Å². The van der Waals surface area contributed by atoms with Crippen LogP contribution in [0, 0.1) is 11.8 Å². The molecule has 0 radical (unpaired) electrons. The van der Waals surface area contributed by atoms with Gasteiger partial charge >= 0.3 is 0 Å². The second-order valence-electron chi connectivity index (χ2n) is 5.54. The molecule has 0 aromatic carbocycles. The number of methoxy groups -OCH3 is 1. The number of ether oxygens (including phenoxy) is 1. The Morgan fingerprint density at radius 1 is 1.38 bits per heavy atom. The smallest absolute Gasteiger partial charge is 0.0503 e. The second kappa shape index (κ2) is 7.25. The minimum absolute atomic E-state index is 0.599. The van der Waals surface area contributed by atoms with Crippen molar-refractivity contribution in [1.82, 2.24) is 10.2 Å². The highest BCUT2D eigenvalue weighted by Crippen LogP contribution is 2.17. The fraction of sp³-hybridized carbons (Fsp3) is 1.00. The van der Waals surface area contributed by atoms with Crippen molar-refractivity contribution >= 4 is 0 Å². The summed E-state index contributed by atoms with van der Waals surface area (Å²) in [5.74, 6) is 1.50. The quantitative estimate of drug-likeness (QED) is 0.716. The van der Waals surface area contributed by atoms with E-state index in [0.29, 0.717) is 6.04 Å². The van der Waals surface area contributed by atoms with Crippen LogP contribution in [-0.2, 0) is 4.74 Å². The first-order chi connectivity index (χ1) is 7.61. The van der Waals surface area contributed by atoms with Crippen LogP contribution in [0.15, 0.2) is 0 Å². The Kier molecular flexibility index (Phi) is 6.32. The third-order valence-electron chi connectivity index (χ3n) is 3.22. The highest BCUT2D eigenvalue weighted by molar-refractivity contribution is 4.77. The zero-order valence-corrected chi connectivity index (χ0v) is 11.3. The van der Waals surface area contributed by atoms with E-state index < -0.39 is 0 Å². The lowest BCUT2D eigenvalue weighted by atomic mass is 10.1. The third-order valence-corrected chi connectivity index (χ3v) is 3.22. The highest BCUT2D eigenvalue weighted by atomic mass is 16.5. The molecule has 96 valence electrons. The fourth-order valence-electron chi connectivity index (χ4n) is 2.39. The molecule has 1 rings (SSSR count). The Morgan fingerprint density at radius 2 is 2.12 bits per heavy atom. The Morgan fingerprint density at radius 3 is 2.75 bits per heavy atom. The van der Waals surface area contributed by atoms with Gasteiger partial charge in [-0.15, -0.1) is 0 Å². The van der Waals surface area contributed by atoms with E-state index in [-0.39, 0.29) is 0 Å². The summed E-state index contributed by atoms with van der Waals surface area (Å²) in [7, 11) is 1.80. The van der Waals surface area contributed by atoms with E-state index in [1.54, 1.807) is 7.11 Å². The van der Waals surface area contributed by atoms with Crippen molar-refractivity contribution in [1.29, 1.82) is 0 Å². The summed E-state index contributed by atoms with van der Waals surface area (Å²) in [6, 6.07) is 0.599. The van der Waals surface area contributed by atoms with Crippen molar-refractivity contribution in [3.63, 3.8) is 0 Å². The van der Waals surface area contributed by atoms with Crippen LogP contribution < -0.4 is 5.32 Å². The van der Waals surface area contributed by atoms with E-state index in [1.807, 2.05) is 0 Å². The van der Waals surface area contributed by atoms with E-state index in [9.17, 15) is 0 Å². The molecule has 0 aromatic rings. The molecule has 0 bridgehead atoms. The van der Waals surface area contributed by atoms with E-state index in [4.69, 9.17) is 4.74 Å². The molecule has 1 aliphatic rings. The van der Waals surface area contributed by atoms with Crippen molar-refractivity contribution in [3.8, 4) is 0 Å². The van der Waals surface area contributed by atoms with Crippen molar-refractivity contribution in [2.75, 3.05) is 39.9 Å². The van der Waals surface area contributed by atoms with E-state index in [2.05, 4.69) is 31.0 Å². The number of nitrogens with one attached hydrogen (secondary N) is 1. The van der Waals surface area contributed by atoms with Gasteiger partial charge < -0.3 is 15.0 Å². The van der Waals surface area contributed by atoms with Crippen molar-refractivity contribution in [2.45, 2.75) is 33.2 Å². The zero-order chi connectivity index (χ0) is 12.0. The van der Waals surface area contributed by atoms with Crippen LogP contribution in [0.1, 0.15) is 27.2 Å². The Labute approximate surface area is 101 Å². The second-order valence-corrected chi connectivity index (χ2v) is 5.54. The van der Waals surface area contributed by atoms with Gasteiger partial charge in [0, 0.05) is 26.2 Å². The van der Waals surface area contributed by atoms with Gasteiger partial charge in [-0.2, -0.15) is 0 Å². The lowest BCUT2D eigenvalue weighted by molar-refractivity contribution is 0.151. The molecule has 2 unspecified atom stereocenters. The van der Waals surface area contributed by atoms with Crippen molar-refractivity contribution < 1.29 is 4.74 Å². The summed E-state index contributed by atoms with van der Waals surface area (Å²) in [4.78, 5) is 2.58. The molecule has 0 saturated carbocycles. The number of hydrogen-bond acceptors (Lipinski definition) is 3. The van der Waals surface area contributed by atoms with Gasteiger partial charge in [0.1, 0.15) is 0 Å². The van der Waals surface area contributed by atoms with Gasteiger partial charge in [-0.25, -0.2) is 0 Å². The molecule has 3 nitrogen and oxygen atoms in total. The SMILES string of the molecule is COCC1CCN(CC(C)CNC(C)C)C1. The maximum Gasteiger partial charge on any atom is 0.0503 e. The highest BCUT2D eigenvalue weighted by Gasteiger charge is 2.23. The van der Waals surface area contributed by atoms with Gasteiger partial charge in [-0.1, -0.05) is 20.8 Å². The Hall–Kier alpha value is -0.120. The lowest BCUT2D eigenvalue weighted by Crippen LogP contribution is -2.34. The summed E-state index contributed by atoms with van der Waals surface area (Å²) in [6.07, 6.45) is 1.30. The Balaban J connectivity index is 2.13. The van der Waals surface area contributed by atoms with E-state index in [0.717, 1.165) is 25.0 Å². The molecule has 2 atom stereocenters. The molecule has 0 amide bonds. The van der Waals surface area contributed by atoms with Gasteiger partial charge in [0.15, 0.2) is 0 Å². The predicted octanol–water partition coefficient (Wildman–Crippen LogP) is 1.59. The first kappa shape index (κ1) is 13.9. The first-order valence-electron chi connectivity index (χ1n) is 6.56. The predicted molar refractivity (Wildman–Crippen MR) is 68.7 cm³/mol. The van der Waals surface area contributed by atoms with Crippen LogP contribution in [0.4, 0.5) is 0 Å². The molecule has 1 heterocycles. The van der Waals surface area contributed by atoms with Crippen LogP contribution in [-0.4, -0.2) is 50.8 Å². The van der Waals surface area contributed by atoms with Gasteiger partial charge in [0.25, 0.3) is 0 Å². The standard InChI is InChI=1S/C13H28N2O/c1-11(2)14-7-12(3)8-15-6-5-13(9-15)10-16-4/h11-14H,5-10H2,1-4H3. The number of hydrogen-bond donors (Lipinski definition) is 1. The minimum Gasteiger partial charge on any atom is -0.384 e. The van der Waals surface area contributed by atoms with Crippen molar-refractivity contribution in [3.05, 3.63) is 0 Å². The van der Waals surface area contributed by atoms with Crippen LogP contribution in [0.25, 0.3) is 0 Å². The van der Waals surface area contributed by atoms with Gasteiger partial charge in [-0.3, -0.25) is 0 Å². The molecule has 0 spiro atoms. The fourth-order valence-corrected chi connectivity index (χ4v) is 2.39. The summed E-state index contributed by atoms with van der Waals surface area (Å²) < 4.78 is 5.22. The van der Waals surface area contributed by atoms with Crippen LogP contribution in [0.3, 0.4) is 0 Å². The van der Waals surface area contributed by atoms with E-state index in [1.165, 1.54) is 26.1 Å². The normalized spacial score (nSPS) is 24.2.